The van der Waals surface area contributed by atoms with Gasteiger partial charge in [-0.3, -0.25) is 9.48 Å². The number of unbranched alkanes of at least 4 members (excludes halogenated alkanes) is 1. The van der Waals surface area contributed by atoms with Gasteiger partial charge in [0.1, 0.15) is 11.6 Å². The summed E-state index contributed by atoms with van der Waals surface area (Å²) in [6, 6.07) is 1.21. The van der Waals surface area contributed by atoms with E-state index in [0.717, 1.165) is 25.1 Å². The molecular formula is C73H84F24N4O2S6. The number of hydrogen-bond acceptors (Lipinski definition) is 11. The van der Waals surface area contributed by atoms with E-state index in [2.05, 4.69) is 15.6 Å². The summed E-state index contributed by atoms with van der Waals surface area (Å²) in [5.41, 5.74) is -13.2. The van der Waals surface area contributed by atoms with Crippen LogP contribution in [0.4, 0.5) is 105 Å². The fraction of sp³-hybridized carbons (Fsp3) is 0.370. The number of rotatable bonds is 24. The number of carbonyl (C=O) groups is 2. The predicted octanol–water partition coefficient (Wildman–Crippen LogP) is 27.6. The summed E-state index contributed by atoms with van der Waals surface area (Å²) in [5.74, 6) is -61.5. The number of nitrogens with one attached hydrogen (secondary N) is 1. The Kier molecular flexibility index (Phi) is 46.9. The Morgan fingerprint density at radius 1 is 0.367 bits per heavy atom. The summed E-state index contributed by atoms with van der Waals surface area (Å²) in [4.78, 5) is 9.34. The van der Waals surface area contributed by atoms with E-state index >= 15 is 79.0 Å². The van der Waals surface area contributed by atoms with Gasteiger partial charge in [-0.1, -0.05) is 142 Å². The third kappa shape index (κ3) is 23.3. The molecule has 36 heteroatoms. The minimum Gasteiger partial charge on any atom is -0.323 e. The van der Waals surface area contributed by atoms with Crippen LogP contribution in [0.15, 0.2) is 68.5 Å². The topological polar surface area (TPSA) is 76.9 Å². The van der Waals surface area contributed by atoms with Crippen LogP contribution in [0, 0.1) is 146 Å². The Balaban J connectivity index is -0.00000154. The normalized spacial score (nSPS) is 10.5. The molecule has 1 heterocycles. The predicted molar refractivity (Wildman–Crippen MR) is 391 cm³/mol. The van der Waals surface area contributed by atoms with Crippen LogP contribution in [0.1, 0.15) is 140 Å². The molecule has 0 amide bonds. The number of thioether (sulfide) groups is 3. The van der Waals surface area contributed by atoms with Crippen LogP contribution in [0.5, 0.6) is 0 Å². The molecular weight excluding hydrogens is 1610 g/mol. The van der Waals surface area contributed by atoms with E-state index in [4.69, 9.17) is 0 Å². The van der Waals surface area contributed by atoms with Crippen molar-refractivity contribution in [1.29, 1.82) is 0 Å². The number of ketones is 2. The second kappa shape index (κ2) is 47.0. The number of halogens is 24. The minimum atomic E-state index is -2.77. The molecule has 0 aliphatic heterocycles. The van der Waals surface area contributed by atoms with Crippen molar-refractivity contribution in [2.75, 3.05) is 31.4 Å². The lowest BCUT2D eigenvalue weighted by atomic mass is 10.0. The molecule has 612 valence electrons. The van der Waals surface area contributed by atoms with Crippen molar-refractivity contribution in [2.45, 2.75) is 191 Å². The van der Waals surface area contributed by atoms with Gasteiger partial charge in [-0.25, -0.2) is 105 Å². The molecule has 0 unspecified atom stereocenters. The third-order valence-electron chi connectivity index (χ3n) is 13.5. The zero-order valence-corrected chi connectivity index (χ0v) is 57.3. The summed E-state index contributed by atoms with van der Waals surface area (Å²) < 4.78 is 372. The molecule has 7 aromatic carbocycles. The molecule has 0 radical (unpaired) electrons. The van der Waals surface area contributed by atoms with Gasteiger partial charge < -0.3 is 10.1 Å². The molecule has 109 heavy (non-hydrogen) atoms. The third-order valence-corrected chi connectivity index (χ3v) is 19.4. The number of aromatic nitrogens is 3. The van der Waals surface area contributed by atoms with Gasteiger partial charge in [0.05, 0.1) is 68.4 Å². The average molecular weight is 1700 g/mol. The lowest BCUT2D eigenvalue weighted by molar-refractivity contribution is -0.122. The van der Waals surface area contributed by atoms with Crippen LogP contribution in [0.2, 0.25) is 0 Å². The standard InChI is InChI=1S/C48H18F24S6.C14H23N3O2.C2H7N.9CH4/c1-4-73-43-31(61)19(49)13(20(50)32(43)62)16-25(55)37(67)46(38(68)26(16)56)76-10-7-11(77-47-39(69)27(57)17(28(58)40(47)70)14-21(51)33(63)44(74-5-2)34(64)22(14)52)9-12(8-10)78-48-41(71)29(59)18(30(60)42(48)72)15-23(53)35(65)45(75-6-3)36(66)24(15)54;1-11(2)14(19)6-4-5-9-17-10-13(15-16-17)8-7-12(3)18;1-3-2;;;;;;;;;/h7-9H,4-6H2,1-3H3;10-11H,4-9H2,1-3H3;3H,1-2H3;9*1H4. The van der Waals surface area contributed by atoms with Crippen LogP contribution in [-0.2, 0) is 22.6 Å². The highest BCUT2D eigenvalue weighted by Gasteiger charge is 2.39. The van der Waals surface area contributed by atoms with E-state index in [-0.39, 0.29) is 131 Å². The van der Waals surface area contributed by atoms with Crippen molar-refractivity contribution < 1.29 is 115 Å². The fourth-order valence-electron chi connectivity index (χ4n) is 8.87. The highest BCUT2D eigenvalue weighted by atomic mass is 32.2. The zero-order chi connectivity index (χ0) is 75.0. The first-order valence-electron chi connectivity index (χ1n) is 28.7. The van der Waals surface area contributed by atoms with Gasteiger partial charge in [0, 0.05) is 46.2 Å². The Bertz CT molecular complexity index is 3910. The van der Waals surface area contributed by atoms with Crippen molar-refractivity contribution in [3.8, 4) is 33.4 Å². The molecule has 6 nitrogen and oxygen atoms in total. The maximum atomic E-state index is 15.9. The lowest BCUT2D eigenvalue weighted by Crippen LogP contribution is -2.09. The van der Waals surface area contributed by atoms with Gasteiger partial charge >= 0.3 is 0 Å². The lowest BCUT2D eigenvalue weighted by Gasteiger charge is -2.17. The Hall–Kier alpha value is -6.60. The molecule has 0 bridgehead atoms. The molecule has 0 aliphatic carbocycles. The van der Waals surface area contributed by atoms with Crippen molar-refractivity contribution >= 4 is 82.1 Å². The van der Waals surface area contributed by atoms with Crippen molar-refractivity contribution in [1.82, 2.24) is 20.3 Å². The maximum Gasteiger partial charge on any atom is 0.176 e. The summed E-state index contributed by atoms with van der Waals surface area (Å²) in [5, 5.41) is 10.8. The number of nitrogens with zero attached hydrogens (tertiary/aromatic N) is 3. The number of aryl methyl sites for hydroxylation is 2. The number of Topliss-reactive ketones (excluding diaryl/α,β-unsaturated/α-hetero) is 2. The summed E-state index contributed by atoms with van der Waals surface area (Å²) >= 11 is -1.27. The number of hydrogen-bond donors (Lipinski definition) is 1. The number of carbonyl (C=O) groups excluding carboxylic acids is 2. The van der Waals surface area contributed by atoms with E-state index < -0.39 is 252 Å². The molecule has 0 fully saturated rings. The van der Waals surface area contributed by atoms with Crippen molar-refractivity contribution in [3.63, 3.8) is 0 Å². The second-order valence-corrected chi connectivity index (χ2v) is 27.8. The van der Waals surface area contributed by atoms with E-state index in [0.29, 0.717) is 43.2 Å². The minimum absolute atomic E-state index is 0. The van der Waals surface area contributed by atoms with Crippen molar-refractivity contribution in [2.24, 2.45) is 5.92 Å². The Morgan fingerprint density at radius 3 is 0.789 bits per heavy atom. The summed E-state index contributed by atoms with van der Waals surface area (Å²) in [6.07, 6.45) is 5.51. The smallest absolute Gasteiger partial charge is 0.176 e. The summed E-state index contributed by atoms with van der Waals surface area (Å²) in [6.45, 7) is 9.99. The van der Waals surface area contributed by atoms with E-state index in [1.807, 2.05) is 34.1 Å². The second-order valence-electron chi connectivity index (χ2n) is 20.8. The fourth-order valence-corrected chi connectivity index (χ4v) is 14.2. The van der Waals surface area contributed by atoms with Gasteiger partial charge in [-0.15, -0.1) is 40.4 Å². The molecule has 0 aliphatic rings. The van der Waals surface area contributed by atoms with Crippen LogP contribution >= 0.6 is 70.6 Å². The van der Waals surface area contributed by atoms with Crippen molar-refractivity contribution in [3.05, 3.63) is 170 Å². The van der Waals surface area contributed by atoms with E-state index in [1.165, 1.54) is 20.8 Å². The van der Waals surface area contributed by atoms with Gasteiger partial charge in [-0.05, 0) is 75.7 Å². The molecule has 0 spiro atoms. The molecule has 0 atom stereocenters. The first kappa shape index (κ1) is 109. The van der Waals surface area contributed by atoms with Gasteiger partial charge in [0.15, 0.2) is 140 Å². The molecule has 0 saturated carbocycles. The molecule has 1 aromatic heterocycles. The van der Waals surface area contributed by atoms with Crippen LogP contribution in [0.25, 0.3) is 33.4 Å². The SMILES string of the molecule is C.C.C.C.C.C.C.C.C.CC(=O)CCc1cn(CCCCC(=O)C(C)C)nn1.CCSc1c(F)c(F)c(-c2c(F)c(F)c(Sc3cc(Sc4c(F)c(F)c(-c5c(F)c(F)c(SCC)c(F)c5F)c(F)c4F)cc(Sc4c(F)c(F)c(-c5c(F)c(F)c(SCC)c(F)c5F)c(F)c4F)c3)c(F)c2F)c(F)c1F.CNC. The average Bonchev–Trinajstić information content (AvgIpc) is 1.05. The first-order chi connectivity index (χ1) is 47.0. The monoisotopic (exact) mass is 1700 g/mol. The zero-order valence-electron chi connectivity index (χ0n) is 52.4. The van der Waals surface area contributed by atoms with E-state index in [1.54, 1.807) is 11.6 Å². The van der Waals surface area contributed by atoms with Gasteiger partial charge in [-0.2, -0.15) is 0 Å². The molecule has 8 aromatic rings. The van der Waals surface area contributed by atoms with Gasteiger partial charge in [0.2, 0.25) is 0 Å². The Labute approximate surface area is 645 Å². The van der Waals surface area contributed by atoms with Crippen LogP contribution in [-0.4, -0.2) is 57.9 Å². The van der Waals surface area contributed by atoms with Crippen LogP contribution < -0.4 is 5.32 Å². The quantitative estimate of drug-likeness (QED) is 0.0272. The summed E-state index contributed by atoms with van der Waals surface area (Å²) in [7, 11) is 3.75. The molecule has 8 rings (SSSR count). The van der Waals surface area contributed by atoms with Gasteiger partial charge in [0.25, 0.3) is 0 Å². The molecule has 1 N–H and O–H groups in total. The molecule has 0 saturated heterocycles. The maximum absolute atomic E-state index is 15.9. The highest BCUT2D eigenvalue weighted by Crippen LogP contribution is 2.50. The van der Waals surface area contributed by atoms with Crippen LogP contribution in [0.3, 0.4) is 0 Å². The largest absolute Gasteiger partial charge is 0.323 e. The van der Waals surface area contributed by atoms with E-state index in [9.17, 15) is 35.9 Å². The first-order valence-corrected chi connectivity index (χ1v) is 34.1. The highest BCUT2D eigenvalue weighted by molar-refractivity contribution is 8.01. The Morgan fingerprint density at radius 2 is 0.587 bits per heavy atom. The number of benzene rings is 7.